The first-order valence-electron chi connectivity index (χ1n) is 4.79. The number of nitrogens with zero attached hydrogens (tertiary/aromatic N) is 1. The summed E-state index contributed by atoms with van der Waals surface area (Å²) in [5.41, 5.74) is 4.75. The van der Waals surface area contributed by atoms with Gasteiger partial charge in [0.25, 0.3) is 0 Å². The van der Waals surface area contributed by atoms with Crippen LogP contribution in [0.1, 0.15) is 5.48 Å². The number of likely N-dealkylation sites (N-methyl/N-ethyl adjacent to an activating group) is 1. The molecule has 0 saturated carbocycles. The molecule has 3 nitrogen and oxygen atoms in total. The van der Waals surface area contributed by atoms with E-state index in [-0.39, 0.29) is 17.8 Å². The molecule has 0 radical (unpaired) electrons. The van der Waals surface area contributed by atoms with Crippen LogP contribution < -0.4 is 5.73 Å². The van der Waals surface area contributed by atoms with E-state index < -0.39 is 18.5 Å². The van der Waals surface area contributed by atoms with E-state index in [0.717, 1.165) is 4.90 Å². The summed E-state index contributed by atoms with van der Waals surface area (Å²) in [6.45, 7) is -1.17. The van der Waals surface area contributed by atoms with Gasteiger partial charge in [-0.1, -0.05) is 6.05 Å². The number of amides is 1. The smallest absolute Gasteiger partial charge is 0.246 e. The molecule has 0 aromatic heterocycles. The number of primary amides is 1. The summed E-state index contributed by atoms with van der Waals surface area (Å²) in [5, 5.41) is 0. The molecule has 0 aromatic rings. The summed E-state index contributed by atoms with van der Waals surface area (Å²) >= 11 is 0. The maximum atomic E-state index is 10.9. The largest absolute Gasteiger partial charge is 0.376 e. The minimum atomic E-state index is -1.17. The number of carbonyl (C=O) groups is 1. The fourth-order valence-electron chi connectivity index (χ4n) is 0.567. The van der Waals surface area contributed by atoms with Crippen LogP contribution in [0.3, 0.4) is 0 Å². The van der Waals surface area contributed by atoms with Crippen molar-refractivity contribution in [1.82, 2.24) is 4.90 Å². The second kappa shape index (κ2) is 2.56. The highest BCUT2D eigenvalue weighted by Gasteiger charge is 2.07. The molecule has 2 N–H and O–H groups in total. The molecule has 1 aliphatic heterocycles. The van der Waals surface area contributed by atoms with Crippen LogP contribution in [-0.4, -0.2) is 24.4 Å². The zero-order valence-corrected chi connectivity index (χ0v) is 5.51. The molecule has 10 heavy (non-hydrogen) atoms. The second-order valence-electron chi connectivity index (χ2n) is 1.88. The molecule has 3 heteroatoms. The SMILES string of the molecule is [2H]C1=C(C(N)=O)C([2H])N(C)C([2H])=C1[2H]. The summed E-state index contributed by atoms with van der Waals surface area (Å²) in [4.78, 5) is 12.0. The normalized spacial score (nSPS) is 32.9. The van der Waals surface area contributed by atoms with Crippen LogP contribution in [0.25, 0.3) is 0 Å². The first kappa shape index (κ1) is 3.23. The van der Waals surface area contributed by atoms with E-state index in [1.54, 1.807) is 0 Å². The first-order chi connectivity index (χ1) is 6.37. The fraction of sp³-hybridized carbons (Fsp3) is 0.286. The summed E-state index contributed by atoms with van der Waals surface area (Å²) in [5.74, 6) is -0.890. The maximum Gasteiger partial charge on any atom is 0.246 e. The predicted molar refractivity (Wildman–Crippen MR) is 39.0 cm³/mol. The molecule has 0 spiro atoms. The van der Waals surface area contributed by atoms with E-state index in [4.69, 9.17) is 11.2 Å². The minimum Gasteiger partial charge on any atom is -0.376 e. The van der Waals surface area contributed by atoms with E-state index in [1.165, 1.54) is 7.05 Å². The van der Waals surface area contributed by atoms with Gasteiger partial charge in [-0.25, -0.2) is 0 Å². The Bertz CT molecular complexity index is 350. The number of hydrogen-bond acceptors (Lipinski definition) is 2. The Morgan fingerprint density at radius 3 is 3.40 bits per heavy atom. The Kier molecular flexibility index (Phi) is 0.827. The number of nitrogens with two attached hydrogens (primary N) is 1. The number of carbonyl (C=O) groups excluding carboxylic acids is 1. The molecule has 1 amide bonds. The Hall–Kier alpha value is -1.25. The van der Waals surface area contributed by atoms with Crippen molar-refractivity contribution in [2.75, 3.05) is 13.6 Å². The minimum absolute atomic E-state index is 0.242. The van der Waals surface area contributed by atoms with Crippen LogP contribution in [0.2, 0.25) is 0 Å². The number of rotatable bonds is 1. The second-order valence-corrected chi connectivity index (χ2v) is 1.88. The first-order valence-corrected chi connectivity index (χ1v) is 2.71. The third-order valence-corrected chi connectivity index (χ3v) is 1.02. The topological polar surface area (TPSA) is 46.3 Å². The van der Waals surface area contributed by atoms with E-state index in [2.05, 4.69) is 0 Å². The lowest BCUT2D eigenvalue weighted by molar-refractivity contribution is -0.114. The zero-order chi connectivity index (χ0) is 11.0. The molecule has 1 unspecified atom stereocenters. The van der Waals surface area contributed by atoms with Gasteiger partial charge in [-0.15, -0.1) is 0 Å². The van der Waals surface area contributed by atoms with E-state index in [9.17, 15) is 4.79 Å². The molecular formula is C7H10N2O. The molecule has 0 saturated heterocycles. The van der Waals surface area contributed by atoms with Crippen molar-refractivity contribution < 1.29 is 10.3 Å². The van der Waals surface area contributed by atoms with Gasteiger partial charge in [0.15, 0.2) is 0 Å². The van der Waals surface area contributed by atoms with Gasteiger partial charge >= 0.3 is 0 Å². The Morgan fingerprint density at radius 2 is 2.80 bits per heavy atom. The third-order valence-electron chi connectivity index (χ3n) is 1.02. The summed E-state index contributed by atoms with van der Waals surface area (Å²) in [7, 11) is 1.41. The van der Waals surface area contributed by atoms with Gasteiger partial charge in [0.2, 0.25) is 5.91 Å². The number of hydrogen-bond donors (Lipinski definition) is 1. The van der Waals surface area contributed by atoms with Crippen LogP contribution in [0.15, 0.2) is 23.9 Å². The average Bonchev–Trinajstić information content (AvgIpc) is 2.11. The lowest BCUT2D eigenvalue weighted by atomic mass is 10.2. The molecule has 1 aliphatic rings. The standard InChI is InChI=1S/C7H10N2O/c1-9-4-2-3-6(5-9)7(8)10/h2-4H,5H2,1H3,(H2,8,10)/i2D,3D,4D,5D. The monoisotopic (exact) mass is 142 g/mol. The Labute approximate surface area is 65.4 Å². The van der Waals surface area contributed by atoms with Crippen molar-refractivity contribution in [2.24, 2.45) is 5.73 Å². The van der Waals surface area contributed by atoms with E-state index >= 15 is 0 Å². The van der Waals surface area contributed by atoms with Crippen molar-refractivity contribution >= 4 is 5.91 Å². The van der Waals surface area contributed by atoms with Crippen LogP contribution in [0, 0.1) is 0 Å². The summed E-state index contributed by atoms with van der Waals surface area (Å²) in [6, 6.07) is -0.814. The van der Waals surface area contributed by atoms with Gasteiger partial charge in [0.1, 0.15) is 0 Å². The lowest BCUT2D eigenvalue weighted by Crippen LogP contribution is -2.25. The van der Waals surface area contributed by atoms with Crippen molar-refractivity contribution in [3.8, 4) is 0 Å². The molecule has 0 aliphatic carbocycles. The van der Waals surface area contributed by atoms with Gasteiger partial charge in [0.05, 0.1) is 5.48 Å². The zero-order valence-electron chi connectivity index (χ0n) is 9.51. The fourth-order valence-corrected chi connectivity index (χ4v) is 0.567. The third kappa shape index (κ3) is 1.37. The maximum absolute atomic E-state index is 10.9. The van der Waals surface area contributed by atoms with Crippen molar-refractivity contribution in [3.63, 3.8) is 0 Å². The summed E-state index contributed by atoms with van der Waals surface area (Å²) < 4.78 is 29.6. The average molecular weight is 142 g/mol. The van der Waals surface area contributed by atoms with Crippen molar-refractivity contribution in [2.45, 2.75) is 0 Å². The van der Waals surface area contributed by atoms with E-state index in [0.29, 0.717) is 0 Å². The Balaban J connectivity index is 3.32. The quantitative estimate of drug-likeness (QED) is 0.553. The highest BCUT2D eigenvalue weighted by Crippen LogP contribution is 2.03. The number of allylic oxidation sites excluding steroid dienone is 2. The van der Waals surface area contributed by atoms with Crippen LogP contribution in [0.4, 0.5) is 0 Å². The van der Waals surface area contributed by atoms with Gasteiger partial charge in [0, 0.05) is 19.1 Å². The molecule has 1 atom stereocenters. The molecule has 0 fully saturated rings. The van der Waals surface area contributed by atoms with E-state index in [1.807, 2.05) is 0 Å². The van der Waals surface area contributed by atoms with Gasteiger partial charge < -0.3 is 10.6 Å². The highest BCUT2D eigenvalue weighted by molar-refractivity contribution is 5.92. The van der Waals surface area contributed by atoms with Gasteiger partial charge in [-0.2, -0.15) is 0 Å². The molecular weight excluding hydrogens is 128 g/mol. The Morgan fingerprint density at radius 1 is 2.10 bits per heavy atom. The molecule has 1 rings (SSSR count). The van der Waals surface area contributed by atoms with Crippen LogP contribution >= 0.6 is 0 Å². The molecule has 1 heterocycles. The van der Waals surface area contributed by atoms with Crippen LogP contribution in [0.5, 0.6) is 0 Å². The summed E-state index contributed by atoms with van der Waals surface area (Å²) in [6.07, 6.45) is -0.250. The molecule has 0 aromatic carbocycles. The molecule has 54 valence electrons. The highest BCUT2D eigenvalue weighted by atomic mass is 16.1. The lowest BCUT2D eigenvalue weighted by Gasteiger charge is -2.17. The molecule has 0 bridgehead atoms. The van der Waals surface area contributed by atoms with Gasteiger partial charge in [-0.3, -0.25) is 4.79 Å². The van der Waals surface area contributed by atoms with Crippen LogP contribution in [-0.2, 0) is 4.79 Å². The van der Waals surface area contributed by atoms with Crippen molar-refractivity contribution in [1.29, 1.82) is 0 Å². The predicted octanol–water partition coefficient (Wildman–Crippen LogP) is -0.143. The van der Waals surface area contributed by atoms with Crippen molar-refractivity contribution in [3.05, 3.63) is 23.9 Å². The van der Waals surface area contributed by atoms with Gasteiger partial charge in [-0.05, 0) is 12.2 Å².